The monoisotopic (exact) mass is 323 g/mol. The summed E-state index contributed by atoms with van der Waals surface area (Å²) in [6.45, 7) is 8.54. The van der Waals surface area contributed by atoms with Crippen molar-refractivity contribution in [3.63, 3.8) is 0 Å². The Morgan fingerprint density at radius 3 is 2.40 bits per heavy atom. The highest BCUT2D eigenvalue weighted by Gasteiger charge is 2.12. The molecule has 4 aromatic rings. The van der Waals surface area contributed by atoms with Gasteiger partial charge in [-0.15, -0.1) is 0 Å². The van der Waals surface area contributed by atoms with Gasteiger partial charge >= 0.3 is 0 Å². The summed E-state index contributed by atoms with van der Waals surface area (Å²) < 4.78 is 2.33. The normalized spacial score (nSPS) is 12.6. The number of benzene rings is 3. The average Bonchev–Trinajstić information content (AvgIpc) is 2.97. The van der Waals surface area contributed by atoms with Gasteiger partial charge in [-0.1, -0.05) is 66.8 Å². The van der Waals surface area contributed by atoms with Crippen LogP contribution in [-0.4, -0.2) is 4.57 Å². The predicted molar refractivity (Wildman–Crippen MR) is 110 cm³/mol. The van der Waals surface area contributed by atoms with Gasteiger partial charge < -0.3 is 4.57 Å². The van der Waals surface area contributed by atoms with E-state index < -0.39 is 0 Å². The number of nitrogens with zero attached hydrogens (tertiary/aromatic N) is 1. The van der Waals surface area contributed by atoms with E-state index in [0.29, 0.717) is 0 Å². The molecule has 0 aliphatic rings. The van der Waals surface area contributed by atoms with E-state index in [9.17, 15) is 0 Å². The van der Waals surface area contributed by atoms with Crippen molar-refractivity contribution < 1.29 is 0 Å². The maximum atomic E-state index is 4.39. The second kappa shape index (κ2) is 6.10. The van der Waals surface area contributed by atoms with Gasteiger partial charge in [-0.3, -0.25) is 0 Å². The quantitative estimate of drug-likeness (QED) is 0.496. The second-order valence-corrected chi connectivity index (χ2v) is 6.41. The average molecular weight is 323 g/mol. The molecule has 0 unspecified atom stereocenters. The number of aryl methyl sites for hydroxylation is 1. The van der Waals surface area contributed by atoms with Crippen molar-refractivity contribution in [1.82, 2.24) is 4.57 Å². The Labute approximate surface area is 147 Å². The van der Waals surface area contributed by atoms with Crippen molar-refractivity contribution in [2.45, 2.75) is 13.8 Å². The zero-order valence-electron chi connectivity index (χ0n) is 14.7. The largest absolute Gasteiger partial charge is 0.309 e. The van der Waals surface area contributed by atoms with Crippen LogP contribution in [0.3, 0.4) is 0 Å². The second-order valence-electron chi connectivity index (χ2n) is 6.41. The van der Waals surface area contributed by atoms with Crippen molar-refractivity contribution in [3.8, 4) is 5.69 Å². The highest BCUT2D eigenvalue weighted by molar-refractivity contribution is 6.09. The van der Waals surface area contributed by atoms with Gasteiger partial charge in [0.1, 0.15) is 0 Å². The van der Waals surface area contributed by atoms with E-state index in [4.69, 9.17) is 0 Å². The molecule has 0 aliphatic heterocycles. The van der Waals surface area contributed by atoms with Crippen molar-refractivity contribution in [2.24, 2.45) is 0 Å². The van der Waals surface area contributed by atoms with Gasteiger partial charge in [0.05, 0.1) is 11.0 Å². The van der Waals surface area contributed by atoms with Gasteiger partial charge in [-0.25, -0.2) is 0 Å². The topological polar surface area (TPSA) is 4.93 Å². The van der Waals surface area contributed by atoms with Crippen molar-refractivity contribution in [2.75, 3.05) is 0 Å². The number of hydrogen-bond acceptors (Lipinski definition) is 0. The van der Waals surface area contributed by atoms with Crippen LogP contribution in [-0.2, 0) is 0 Å². The molecule has 122 valence electrons. The molecule has 0 saturated carbocycles. The molecule has 0 radical (unpaired) electrons. The molecule has 0 bridgehead atoms. The van der Waals surface area contributed by atoms with Crippen LogP contribution >= 0.6 is 0 Å². The molecule has 1 nitrogen and oxygen atoms in total. The van der Waals surface area contributed by atoms with E-state index in [1.807, 2.05) is 13.0 Å². The summed E-state index contributed by atoms with van der Waals surface area (Å²) in [6, 6.07) is 21.6. The molecule has 3 aromatic carbocycles. The summed E-state index contributed by atoms with van der Waals surface area (Å²) in [5.74, 6) is 0. The molecule has 0 fully saturated rings. The first-order valence-corrected chi connectivity index (χ1v) is 8.62. The molecule has 0 aliphatic carbocycles. The van der Waals surface area contributed by atoms with Gasteiger partial charge in [0.2, 0.25) is 0 Å². The lowest BCUT2D eigenvalue weighted by Crippen LogP contribution is -2.23. The first-order chi connectivity index (χ1) is 12.2. The molecule has 1 heteroatoms. The Bertz CT molecular complexity index is 1210. The standard InChI is InChI=1S/C24H21N/c1-4-5-8-19-13-16-23-24(18(19)3)21-9-6-7-10-22(21)25(23)20-14-11-17(2)12-15-20/h4-16H,3H2,1-2H3/b5-4-,19-8-. The lowest BCUT2D eigenvalue weighted by atomic mass is 10.1. The van der Waals surface area contributed by atoms with Gasteiger partial charge in [-0.2, -0.15) is 0 Å². The third kappa shape index (κ3) is 2.49. The zero-order chi connectivity index (χ0) is 17.4. The number of para-hydroxylation sites is 1. The fraction of sp³-hybridized carbons (Fsp3) is 0.0833. The highest BCUT2D eigenvalue weighted by atomic mass is 15.0. The Kier molecular flexibility index (Phi) is 3.77. The molecule has 0 saturated heterocycles. The van der Waals surface area contributed by atoms with E-state index >= 15 is 0 Å². The van der Waals surface area contributed by atoms with Crippen LogP contribution in [0.5, 0.6) is 0 Å². The van der Waals surface area contributed by atoms with E-state index in [0.717, 1.165) is 10.4 Å². The number of rotatable bonds is 2. The number of fused-ring (bicyclic) bond motifs is 3. The Morgan fingerprint density at radius 1 is 0.880 bits per heavy atom. The van der Waals surface area contributed by atoms with E-state index in [1.54, 1.807) is 0 Å². The zero-order valence-corrected chi connectivity index (χ0v) is 14.7. The van der Waals surface area contributed by atoms with Crippen molar-refractivity contribution >= 4 is 34.5 Å². The Hall–Kier alpha value is -3.06. The molecular formula is C24H21N. The van der Waals surface area contributed by atoms with Crippen LogP contribution in [0.25, 0.3) is 40.1 Å². The molecule has 0 atom stereocenters. The smallest absolute Gasteiger partial charge is 0.0547 e. The summed E-state index contributed by atoms with van der Waals surface area (Å²) >= 11 is 0. The maximum Gasteiger partial charge on any atom is 0.0547 e. The van der Waals surface area contributed by atoms with Gasteiger partial charge in [-0.05, 0) is 48.6 Å². The molecule has 0 N–H and O–H groups in total. The molecule has 1 aromatic heterocycles. The van der Waals surface area contributed by atoms with Crippen LogP contribution in [0.4, 0.5) is 0 Å². The van der Waals surface area contributed by atoms with Crippen LogP contribution in [0, 0.1) is 6.92 Å². The molecule has 1 heterocycles. The number of aromatic nitrogens is 1. The predicted octanol–water partition coefficient (Wildman–Crippen LogP) is 4.86. The van der Waals surface area contributed by atoms with Crippen molar-refractivity contribution in [1.29, 1.82) is 0 Å². The summed E-state index contributed by atoms with van der Waals surface area (Å²) in [5, 5.41) is 4.73. The minimum absolute atomic E-state index is 1.08. The lowest BCUT2D eigenvalue weighted by Gasteiger charge is -2.08. The fourth-order valence-electron chi connectivity index (χ4n) is 3.48. The molecule has 25 heavy (non-hydrogen) atoms. The van der Waals surface area contributed by atoms with Crippen molar-refractivity contribution in [3.05, 3.63) is 88.8 Å². The number of hydrogen-bond donors (Lipinski definition) is 0. The first-order valence-electron chi connectivity index (χ1n) is 8.62. The summed E-state index contributed by atoms with van der Waals surface area (Å²) in [5.41, 5.74) is 4.87. The van der Waals surface area contributed by atoms with Gasteiger partial charge in [0.15, 0.2) is 0 Å². The maximum absolute atomic E-state index is 4.39. The highest BCUT2D eigenvalue weighted by Crippen LogP contribution is 2.29. The van der Waals surface area contributed by atoms with Crippen LogP contribution in [0.1, 0.15) is 12.5 Å². The van der Waals surface area contributed by atoms with Crippen LogP contribution in [0.2, 0.25) is 0 Å². The van der Waals surface area contributed by atoms with E-state index in [-0.39, 0.29) is 0 Å². The minimum Gasteiger partial charge on any atom is -0.309 e. The number of allylic oxidation sites excluding steroid dienone is 2. The Morgan fingerprint density at radius 2 is 1.64 bits per heavy atom. The molecule has 4 rings (SSSR count). The third-order valence-corrected chi connectivity index (χ3v) is 4.74. The lowest BCUT2D eigenvalue weighted by molar-refractivity contribution is 1.17. The molecule has 0 spiro atoms. The molecular weight excluding hydrogens is 302 g/mol. The fourth-order valence-corrected chi connectivity index (χ4v) is 3.48. The van der Waals surface area contributed by atoms with E-state index in [1.165, 1.54) is 33.1 Å². The summed E-state index contributed by atoms with van der Waals surface area (Å²) in [7, 11) is 0. The SMILES string of the molecule is C=c1/c(=C\C=C/C)ccc2c1c1ccccc1n2-c1ccc(C)cc1. The van der Waals surface area contributed by atoms with Gasteiger partial charge in [0.25, 0.3) is 0 Å². The molecule has 0 amide bonds. The van der Waals surface area contributed by atoms with Crippen LogP contribution in [0.15, 0.2) is 72.8 Å². The Balaban J connectivity index is 2.18. The van der Waals surface area contributed by atoms with E-state index in [2.05, 4.69) is 90.9 Å². The third-order valence-electron chi connectivity index (χ3n) is 4.74. The summed E-state index contributed by atoms with van der Waals surface area (Å²) in [4.78, 5) is 0. The first kappa shape index (κ1) is 15.5. The summed E-state index contributed by atoms with van der Waals surface area (Å²) in [6.07, 6.45) is 6.23. The minimum atomic E-state index is 1.08. The van der Waals surface area contributed by atoms with Crippen LogP contribution < -0.4 is 10.4 Å². The van der Waals surface area contributed by atoms with Gasteiger partial charge in [0, 0.05) is 16.5 Å².